The molecule has 1 aliphatic heterocycles. The molecule has 1 saturated heterocycles. The summed E-state index contributed by atoms with van der Waals surface area (Å²) in [6, 6.07) is 2.84. The first-order valence-electron chi connectivity index (χ1n) is 12.6. The lowest BCUT2D eigenvalue weighted by Crippen LogP contribution is -2.45. The van der Waals surface area contributed by atoms with Gasteiger partial charge in [-0.1, -0.05) is 18.2 Å². The molecular weight excluding hydrogens is 527 g/mol. The van der Waals surface area contributed by atoms with Crippen LogP contribution < -0.4 is 10.6 Å². The van der Waals surface area contributed by atoms with Crippen LogP contribution in [0.5, 0.6) is 0 Å². The number of carbonyl (C=O) groups is 1. The lowest BCUT2D eigenvalue weighted by Gasteiger charge is -2.27. The SMILES string of the molecule is CCOC(C(=O)NC1(C(F)F)CC1)c1nc(C)nc(N[C@H](C)c2cccc(C(C)(F)F)c2F)c1C1OCCO1. The van der Waals surface area contributed by atoms with Gasteiger partial charge in [0.15, 0.2) is 12.4 Å². The maximum Gasteiger partial charge on any atom is 0.273 e. The van der Waals surface area contributed by atoms with E-state index in [1.54, 1.807) is 20.8 Å². The molecule has 214 valence electrons. The second kappa shape index (κ2) is 11.3. The van der Waals surface area contributed by atoms with E-state index in [1.807, 2.05) is 0 Å². The molecule has 2 aromatic rings. The van der Waals surface area contributed by atoms with E-state index in [-0.39, 0.29) is 61.1 Å². The number of halogens is 5. The van der Waals surface area contributed by atoms with Gasteiger partial charge < -0.3 is 24.8 Å². The average Bonchev–Trinajstić information content (AvgIpc) is 3.44. The fourth-order valence-electron chi connectivity index (χ4n) is 4.47. The van der Waals surface area contributed by atoms with Gasteiger partial charge in [0.2, 0.25) is 0 Å². The zero-order chi connectivity index (χ0) is 28.5. The summed E-state index contributed by atoms with van der Waals surface area (Å²) in [7, 11) is 0. The van der Waals surface area contributed by atoms with Gasteiger partial charge in [-0.2, -0.15) is 0 Å². The van der Waals surface area contributed by atoms with Gasteiger partial charge in [0, 0.05) is 19.1 Å². The molecule has 1 aromatic heterocycles. The van der Waals surface area contributed by atoms with Gasteiger partial charge in [-0.05, 0) is 33.6 Å². The van der Waals surface area contributed by atoms with E-state index < -0.39 is 53.6 Å². The summed E-state index contributed by atoms with van der Waals surface area (Å²) in [4.78, 5) is 22.1. The normalized spacial score (nSPS) is 18.7. The van der Waals surface area contributed by atoms with E-state index in [4.69, 9.17) is 14.2 Å². The van der Waals surface area contributed by atoms with Crippen molar-refractivity contribution in [2.45, 2.75) is 76.9 Å². The number of anilines is 1. The minimum atomic E-state index is -3.40. The highest BCUT2D eigenvalue weighted by atomic mass is 19.3. The Bertz CT molecular complexity index is 1200. The molecule has 0 spiro atoms. The zero-order valence-electron chi connectivity index (χ0n) is 22.0. The Balaban J connectivity index is 1.75. The van der Waals surface area contributed by atoms with Crippen molar-refractivity contribution >= 4 is 11.7 Å². The Morgan fingerprint density at radius 3 is 2.46 bits per heavy atom. The monoisotopic (exact) mass is 558 g/mol. The van der Waals surface area contributed by atoms with Crippen LogP contribution in [0.3, 0.4) is 0 Å². The summed E-state index contributed by atoms with van der Waals surface area (Å²) in [5.41, 5.74) is -2.22. The molecule has 1 aromatic carbocycles. The fourth-order valence-corrected chi connectivity index (χ4v) is 4.47. The van der Waals surface area contributed by atoms with Gasteiger partial charge in [0.25, 0.3) is 18.3 Å². The van der Waals surface area contributed by atoms with Crippen LogP contribution in [0.2, 0.25) is 0 Å². The molecule has 2 heterocycles. The molecule has 1 saturated carbocycles. The van der Waals surface area contributed by atoms with Crippen LogP contribution in [-0.4, -0.2) is 47.7 Å². The van der Waals surface area contributed by atoms with Gasteiger partial charge in [-0.25, -0.2) is 31.9 Å². The third-order valence-electron chi connectivity index (χ3n) is 6.66. The molecular formula is C26H31F5N4O4. The summed E-state index contributed by atoms with van der Waals surface area (Å²) >= 11 is 0. The van der Waals surface area contributed by atoms with Gasteiger partial charge in [0.05, 0.1) is 36.1 Å². The molecule has 4 rings (SSSR count). The van der Waals surface area contributed by atoms with Crippen LogP contribution in [-0.2, 0) is 24.9 Å². The van der Waals surface area contributed by atoms with Crippen molar-refractivity contribution < 1.29 is 41.0 Å². The number of aromatic nitrogens is 2. The zero-order valence-corrected chi connectivity index (χ0v) is 22.0. The maximum atomic E-state index is 15.1. The van der Waals surface area contributed by atoms with E-state index in [2.05, 4.69) is 20.6 Å². The summed E-state index contributed by atoms with van der Waals surface area (Å²) < 4.78 is 87.2. The predicted octanol–water partition coefficient (Wildman–Crippen LogP) is 5.25. The van der Waals surface area contributed by atoms with E-state index >= 15 is 4.39 Å². The van der Waals surface area contributed by atoms with E-state index in [0.717, 1.165) is 6.07 Å². The summed E-state index contributed by atoms with van der Waals surface area (Å²) in [6.07, 6.45) is -4.95. The van der Waals surface area contributed by atoms with Crippen molar-refractivity contribution in [1.82, 2.24) is 15.3 Å². The number of carbonyl (C=O) groups excluding carboxylic acids is 1. The lowest BCUT2D eigenvalue weighted by atomic mass is 10.00. The molecule has 0 radical (unpaired) electrons. The van der Waals surface area contributed by atoms with Crippen molar-refractivity contribution in [1.29, 1.82) is 0 Å². The number of hydrogen-bond donors (Lipinski definition) is 2. The molecule has 2 atom stereocenters. The van der Waals surface area contributed by atoms with Crippen molar-refractivity contribution in [2.75, 3.05) is 25.1 Å². The Morgan fingerprint density at radius 1 is 1.23 bits per heavy atom. The van der Waals surface area contributed by atoms with Crippen molar-refractivity contribution in [3.8, 4) is 0 Å². The van der Waals surface area contributed by atoms with Crippen LogP contribution in [0.1, 0.15) is 80.3 Å². The molecule has 2 fully saturated rings. The Hall–Kier alpha value is -2.90. The second-order valence-corrected chi connectivity index (χ2v) is 9.74. The smallest absolute Gasteiger partial charge is 0.273 e. The number of nitrogens with one attached hydrogen (secondary N) is 2. The van der Waals surface area contributed by atoms with Crippen LogP contribution in [0.4, 0.5) is 27.8 Å². The lowest BCUT2D eigenvalue weighted by molar-refractivity contribution is -0.136. The van der Waals surface area contributed by atoms with Crippen LogP contribution in [0, 0.1) is 12.7 Å². The molecule has 1 unspecified atom stereocenters. The minimum Gasteiger partial charge on any atom is -0.363 e. The number of amides is 1. The molecule has 13 heteroatoms. The third-order valence-corrected chi connectivity index (χ3v) is 6.66. The minimum absolute atomic E-state index is 0.0304. The number of rotatable bonds is 11. The number of alkyl halides is 4. The molecule has 1 amide bonds. The van der Waals surface area contributed by atoms with Crippen molar-refractivity contribution in [3.05, 3.63) is 52.2 Å². The highest BCUT2D eigenvalue weighted by Crippen LogP contribution is 2.43. The molecule has 0 bridgehead atoms. The highest BCUT2D eigenvalue weighted by Gasteiger charge is 2.53. The maximum absolute atomic E-state index is 15.1. The first kappa shape index (κ1) is 29.1. The van der Waals surface area contributed by atoms with Gasteiger partial charge in [-0.15, -0.1) is 0 Å². The summed E-state index contributed by atoms with van der Waals surface area (Å²) in [5, 5.41) is 5.42. The number of ether oxygens (including phenoxy) is 3. The van der Waals surface area contributed by atoms with Crippen molar-refractivity contribution in [3.63, 3.8) is 0 Å². The number of benzene rings is 1. The largest absolute Gasteiger partial charge is 0.363 e. The quantitative estimate of drug-likeness (QED) is 0.364. The van der Waals surface area contributed by atoms with Crippen LogP contribution >= 0.6 is 0 Å². The first-order valence-corrected chi connectivity index (χ1v) is 12.6. The number of aryl methyl sites for hydroxylation is 1. The van der Waals surface area contributed by atoms with Crippen molar-refractivity contribution in [2.24, 2.45) is 0 Å². The molecule has 39 heavy (non-hydrogen) atoms. The summed E-state index contributed by atoms with van der Waals surface area (Å²) in [6.45, 7) is 5.83. The third kappa shape index (κ3) is 6.15. The molecule has 2 aliphatic rings. The Morgan fingerprint density at radius 2 is 1.90 bits per heavy atom. The topological polar surface area (TPSA) is 94.6 Å². The predicted molar refractivity (Wildman–Crippen MR) is 130 cm³/mol. The Labute approximate surface area is 222 Å². The first-order chi connectivity index (χ1) is 18.4. The Kier molecular flexibility index (Phi) is 8.43. The van der Waals surface area contributed by atoms with Gasteiger partial charge in [0.1, 0.15) is 23.0 Å². The second-order valence-electron chi connectivity index (χ2n) is 9.74. The van der Waals surface area contributed by atoms with E-state index in [9.17, 15) is 22.4 Å². The number of nitrogens with zero attached hydrogens (tertiary/aromatic N) is 2. The van der Waals surface area contributed by atoms with E-state index in [0.29, 0.717) is 6.92 Å². The average molecular weight is 559 g/mol. The van der Waals surface area contributed by atoms with Gasteiger partial charge >= 0.3 is 0 Å². The van der Waals surface area contributed by atoms with Crippen LogP contribution in [0.25, 0.3) is 0 Å². The van der Waals surface area contributed by atoms with E-state index in [1.165, 1.54) is 12.1 Å². The molecule has 1 aliphatic carbocycles. The standard InChI is InChI=1S/C26H31F5N4O4/c1-5-37-20(22(36)35-26(9-10-26)24(28)29)19-17(23-38-11-12-39-23)21(34-14(3)33-19)32-13(2)15-7-6-8-16(18(15)27)25(4,30)31/h6-8,13,20,23-24H,5,9-12H2,1-4H3,(H,35,36)(H,32,33,34)/t13-,20?/m1/s1. The molecule has 2 N–H and O–H groups in total. The molecule has 8 nitrogen and oxygen atoms in total. The fraction of sp³-hybridized carbons (Fsp3) is 0.577. The highest BCUT2D eigenvalue weighted by molar-refractivity contribution is 5.83. The van der Waals surface area contributed by atoms with Crippen LogP contribution in [0.15, 0.2) is 18.2 Å². The number of hydrogen-bond acceptors (Lipinski definition) is 7. The summed E-state index contributed by atoms with van der Waals surface area (Å²) in [5.74, 6) is -5.00. The van der Waals surface area contributed by atoms with Gasteiger partial charge in [-0.3, -0.25) is 4.79 Å².